The second-order valence-electron chi connectivity index (χ2n) is 9.49. The largest absolute Gasteiger partial charge is 0.489 e. The number of nitrogens with zero attached hydrogens (tertiary/aromatic N) is 1. The number of benzene rings is 2. The molecular formula is C26H20F4N4O5S. The zero-order valence-corrected chi connectivity index (χ0v) is 21.4. The number of aromatic amines is 1. The van der Waals surface area contributed by atoms with Crippen LogP contribution in [0.3, 0.4) is 0 Å². The van der Waals surface area contributed by atoms with E-state index >= 15 is 0 Å². The number of thiazole rings is 1. The first-order valence-corrected chi connectivity index (χ1v) is 12.5. The van der Waals surface area contributed by atoms with Crippen LogP contribution in [0.25, 0.3) is 21.5 Å². The highest BCUT2D eigenvalue weighted by Crippen LogP contribution is 2.47. The summed E-state index contributed by atoms with van der Waals surface area (Å²) in [5.74, 6) is -2.49. The maximum atomic E-state index is 14.5. The number of rotatable bonds is 6. The minimum atomic E-state index is -5.35. The summed E-state index contributed by atoms with van der Waals surface area (Å²) < 4.78 is 63.1. The van der Waals surface area contributed by atoms with Gasteiger partial charge in [0.15, 0.2) is 0 Å². The molecule has 208 valence electrons. The fraction of sp³-hybridized carbons (Fsp3) is 0.231. The number of carbonyl (C=O) groups is 2. The van der Waals surface area contributed by atoms with Crippen LogP contribution < -0.4 is 20.7 Å². The molecule has 2 aromatic carbocycles. The van der Waals surface area contributed by atoms with E-state index in [9.17, 15) is 37.1 Å². The van der Waals surface area contributed by atoms with Gasteiger partial charge in [-0.3, -0.25) is 14.4 Å². The molecule has 9 nitrogen and oxygen atoms in total. The predicted octanol–water partition coefficient (Wildman–Crippen LogP) is 3.11. The number of carbonyl (C=O) groups excluding carboxylic acids is 2. The fourth-order valence-corrected chi connectivity index (χ4v) is 5.11. The lowest BCUT2D eigenvalue weighted by Gasteiger charge is -2.31. The number of pyridine rings is 1. The highest BCUT2D eigenvalue weighted by Gasteiger charge is 2.57. The van der Waals surface area contributed by atoms with E-state index in [-0.39, 0.29) is 39.6 Å². The molecule has 5 N–H and O–H groups in total. The maximum Gasteiger partial charge on any atom is 0.424 e. The van der Waals surface area contributed by atoms with E-state index in [0.29, 0.717) is 10.2 Å². The highest BCUT2D eigenvalue weighted by atomic mass is 32.1. The zero-order valence-electron chi connectivity index (χ0n) is 20.6. The third kappa shape index (κ3) is 4.48. The van der Waals surface area contributed by atoms with Gasteiger partial charge in [-0.1, -0.05) is 11.3 Å². The molecule has 4 aromatic rings. The Morgan fingerprint density at radius 1 is 1.20 bits per heavy atom. The van der Waals surface area contributed by atoms with Gasteiger partial charge in [0, 0.05) is 16.7 Å². The third-order valence-electron chi connectivity index (χ3n) is 6.81. The number of nitrogens with one attached hydrogen (secondary N) is 2. The van der Waals surface area contributed by atoms with E-state index < -0.39 is 47.1 Å². The van der Waals surface area contributed by atoms with Gasteiger partial charge in [0.05, 0.1) is 22.5 Å². The molecule has 1 unspecified atom stereocenters. The van der Waals surface area contributed by atoms with Crippen LogP contribution in [0.2, 0.25) is 0 Å². The number of primary amides is 1. The van der Waals surface area contributed by atoms with Gasteiger partial charge in [0.2, 0.25) is 11.5 Å². The first kappa shape index (κ1) is 27.3. The van der Waals surface area contributed by atoms with Crippen molar-refractivity contribution in [2.45, 2.75) is 24.1 Å². The topological polar surface area (TPSA) is 147 Å². The second-order valence-corrected chi connectivity index (χ2v) is 10.5. The Morgan fingerprint density at radius 2 is 1.90 bits per heavy atom. The van der Waals surface area contributed by atoms with Crippen molar-refractivity contribution in [3.63, 3.8) is 0 Å². The van der Waals surface area contributed by atoms with Crippen LogP contribution in [-0.4, -0.2) is 46.2 Å². The molecule has 1 aliphatic heterocycles. The Hall–Kier alpha value is -4.30. The van der Waals surface area contributed by atoms with E-state index in [1.165, 1.54) is 37.3 Å². The van der Waals surface area contributed by atoms with Crippen molar-refractivity contribution >= 4 is 33.4 Å². The number of ether oxygens (including phenoxy) is 1. The standard InChI is InChI=1S/C26H20F4N4O5S/c1-24(22(31)36)11-39-20-15(24)9-18(34-19(20)12-2-5-14(27)6-3-12)25(38,26(28,29)30)10-32-21(35)13-4-7-16-17(8-13)40-23(37)33-16/h2-9,38H,10-11H2,1H3,(H2,31,36)(H,32,35)(H,33,37)/t24-,25?/m0/s1. The van der Waals surface area contributed by atoms with Crippen molar-refractivity contribution in [1.82, 2.24) is 15.3 Å². The smallest absolute Gasteiger partial charge is 0.424 e. The van der Waals surface area contributed by atoms with Gasteiger partial charge < -0.3 is 25.9 Å². The first-order chi connectivity index (χ1) is 18.7. The summed E-state index contributed by atoms with van der Waals surface area (Å²) in [6.45, 7) is -0.273. The van der Waals surface area contributed by atoms with E-state index in [1.807, 2.05) is 0 Å². The van der Waals surface area contributed by atoms with Crippen LogP contribution in [-0.2, 0) is 15.8 Å². The number of H-pyrrole nitrogens is 1. The summed E-state index contributed by atoms with van der Waals surface area (Å²) in [7, 11) is 0. The van der Waals surface area contributed by atoms with Gasteiger partial charge >= 0.3 is 11.0 Å². The molecule has 2 amide bonds. The zero-order chi connectivity index (χ0) is 29.0. The minimum Gasteiger partial charge on any atom is -0.489 e. The number of hydrogen-bond donors (Lipinski definition) is 4. The summed E-state index contributed by atoms with van der Waals surface area (Å²) in [4.78, 5) is 42.9. The van der Waals surface area contributed by atoms with Crippen LogP contribution in [0.15, 0.2) is 53.3 Å². The van der Waals surface area contributed by atoms with E-state index in [1.54, 1.807) is 0 Å². The summed E-state index contributed by atoms with van der Waals surface area (Å²) in [5.41, 5.74) is -0.343. The van der Waals surface area contributed by atoms with Gasteiger partial charge in [0.25, 0.3) is 5.91 Å². The Kier molecular flexibility index (Phi) is 6.42. The number of hydrogen-bond acceptors (Lipinski definition) is 7. The second kappa shape index (κ2) is 9.41. The predicted molar refractivity (Wildman–Crippen MR) is 136 cm³/mol. The number of fused-ring (bicyclic) bond motifs is 2. The van der Waals surface area contributed by atoms with Crippen molar-refractivity contribution < 1.29 is 37.0 Å². The summed E-state index contributed by atoms with van der Waals surface area (Å²) >= 11 is 0.819. The molecule has 2 atom stereocenters. The molecular weight excluding hydrogens is 556 g/mol. The molecule has 0 fully saturated rings. The normalized spacial score (nSPS) is 18.1. The van der Waals surface area contributed by atoms with Crippen molar-refractivity contribution in [1.29, 1.82) is 0 Å². The molecule has 0 spiro atoms. The Labute approximate surface area is 226 Å². The number of amides is 2. The van der Waals surface area contributed by atoms with Crippen LogP contribution >= 0.6 is 11.3 Å². The van der Waals surface area contributed by atoms with Gasteiger partial charge in [0.1, 0.15) is 29.3 Å². The summed E-state index contributed by atoms with van der Waals surface area (Å²) in [5, 5.41) is 13.2. The average molecular weight is 577 g/mol. The van der Waals surface area contributed by atoms with Crippen molar-refractivity contribution in [2.75, 3.05) is 13.2 Å². The van der Waals surface area contributed by atoms with E-state index in [2.05, 4.69) is 15.3 Å². The Balaban J connectivity index is 1.59. The lowest BCUT2D eigenvalue weighted by molar-refractivity contribution is -0.265. The average Bonchev–Trinajstić information content (AvgIpc) is 3.45. The number of alkyl halides is 3. The molecule has 0 saturated carbocycles. The number of aromatic nitrogens is 2. The number of halogens is 4. The molecule has 0 bridgehead atoms. The molecule has 40 heavy (non-hydrogen) atoms. The molecule has 0 aliphatic carbocycles. The lowest BCUT2D eigenvalue weighted by atomic mass is 9.81. The first-order valence-electron chi connectivity index (χ1n) is 11.7. The van der Waals surface area contributed by atoms with Crippen LogP contribution in [0.1, 0.15) is 28.5 Å². The highest BCUT2D eigenvalue weighted by molar-refractivity contribution is 7.16. The van der Waals surface area contributed by atoms with Crippen molar-refractivity contribution in [3.8, 4) is 17.0 Å². The van der Waals surface area contributed by atoms with Gasteiger partial charge in [-0.2, -0.15) is 13.2 Å². The van der Waals surface area contributed by atoms with Crippen LogP contribution in [0, 0.1) is 5.82 Å². The maximum absolute atomic E-state index is 14.5. The van der Waals surface area contributed by atoms with E-state index in [0.717, 1.165) is 29.5 Å². The van der Waals surface area contributed by atoms with E-state index in [4.69, 9.17) is 10.5 Å². The van der Waals surface area contributed by atoms with Crippen LogP contribution in [0.5, 0.6) is 5.75 Å². The lowest BCUT2D eigenvalue weighted by Crippen LogP contribution is -2.51. The number of nitrogens with two attached hydrogens (primary N) is 1. The molecule has 5 rings (SSSR count). The molecule has 0 radical (unpaired) electrons. The van der Waals surface area contributed by atoms with Gasteiger partial charge in [-0.25, -0.2) is 9.37 Å². The Morgan fingerprint density at radius 3 is 2.55 bits per heavy atom. The Bertz CT molecular complexity index is 1720. The number of aliphatic hydroxyl groups is 1. The summed E-state index contributed by atoms with van der Waals surface area (Å²) in [6, 6.07) is 9.58. The molecule has 0 saturated heterocycles. The van der Waals surface area contributed by atoms with Crippen LogP contribution in [0.4, 0.5) is 17.6 Å². The van der Waals surface area contributed by atoms with Gasteiger partial charge in [-0.05, 0) is 55.5 Å². The molecule has 1 aliphatic rings. The molecule has 3 heterocycles. The fourth-order valence-electron chi connectivity index (χ4n) is 4.34. The molecule has 14 heteroatoms. The van der Waals surface area contributed by atoms with Crippen molar-refractivity contribution in [3.05, 3.63) is 80.8 Å². The monoisotopic (exact) mass is 576 g/mol. The third-order valence-corrected chi connectivity index (χ3v) is 7.66. The van der Waals surface area contributed by atoms with Crippen molar-refractivity contribution in [2.24, 2.45) is 5.73 Å². The SMILES string of the molecule is C[C@]1(C(N)=O)COc2c1cc(C(O)(CNC(=O)c1ccc3[nH]c(=O)sc3c1)C(F)(F)F)nc2-c1ccc(F)cc1. The van der Waals surface area contributed by atoms with Gasteiger partial charge in [-0.15, -0.1) is 0 Å². The molecule has 2 aromatic heterocycles. The summed E-state index contributed by atoms with van der Waals surface area (Å²) in [6.07, 6.45) is -5.35. The quantitative estimate of drug-likeness (QED) is 0.260. The minimum absolute atomic E-state index is 0.0379.